The zero-order chi connectivity index (χ0) is 23.5. The molecule has 0 aromatic carbocycles. The molecule has 11 nitrogen and oxygen atoms in total. The van der Waals surface area contributed by atoms with Crippen molar-refractivity contribution in [3.8, 4) is 22.6 Å². The van der Waals surface area contributed by atoms with Gasteiger partial charge in [0, 0.05) is 17.7 Å². The number of nitrogens with two attached hydrogens (primary N) is 1. The van der Waals surface area contributed by atoms with Gasteiger partial charge in [0.15, 0.2) is 11.5 Å². The number of amides is 1. The molecular weight excluding hydrogens is 424 g/mol. The molecule has 0 heterocycles. The summed E-state index contributed by atoms with van der Waals surface area (Å²) in [6.07, 6.45) is -1.57. The monoisotopic (exact) mass is 450 g/mol. The molecule has 174 valence electrons. The normalized spacial score (nSPS) is 10.5. The maximum Gasteiger partial charge on any atom is 0.513 e. The number of ether oxygens (including phenoxy) is 4. The topological polar surface area (TPSA) is 156 Å². The van der Waals surface area contributed by atoms with Crippen LogP contribution in [0.4, 0.5) is 15.3 Å². The van der Waals surface area contributed by atoms with E-state index >= 15 is 0 Å². The molecule has 0 aromatic rings. The van der Waals surface area contributed by atoms with Crippen molar-refractivity contribution in [1.29, 1.82) is 0 Å². The number of carbonyl (C=O) groups excluding carboxylic acids is 3. The largest absolute Gasteiger partial charge is 0.513 e. The van der Waals surface area contributed by atoms with E-state index in [1.807, 2.05) is 0 Å². The van der Waals surface area contributed by atoms with Crippen LogP contribution in [0.5, 0.6) is 11.5 Å². The lowest BCUT2D eigenvalue weighted by molar-refractivity contribution is -0.133. The molecule has 32 heavy (non-hydrogen) atoms. The van der Waals surface area contributed by atoms with Crippen LogP contribution in [0.2, 0.25) is 0 Å². The van der Waals surface area contributed by atoms with Crippen LogP contribution in [0.1, 0.15) is 25.8 Å². The van der Waals surface area contributed by atoms with Crippen molar-refractivity contribution in [2.24, 2.45) is 0 Å². The summed E-state index contributed by atoms with van der Waals surface area (Å²) in [4.78, 5) is 40.7. The Labute approximate surface area is 184 Å². The predicted octanol–water partition coefficient (Wildman–Crippen LogP) is 2.42. The minimum Gasteiger partial charge on any atom is -0.434 e. The molecule has 0 radical (unpaired) electrons. The van der Waals surface area contributed by atoms with E-state index in [2.05, 4.69) is 5.48 Å². The Kier molecular flexibility index (Phi) is 9.51. The maximum absolute atomic E-state index is 12.0. The molecule has 0 bridgehead atoms. The first kappa shape index (κ1) is 24.7. The van der Waals surface area contributed by atoms with Crippen molar-refractivity contribution in [2.75, 3.05) is 32.2 Å². The van der Waals surface area contributed by atoms with Crippen LogP contribution in [-0.4, -0.2) is 49.8 Å². The zero-order valence-corrected chi connectivity index (χ0v) is 17.8. The van der Waals surface area contributed by atoms with Gasteiger partial charge >= 0.3 is 12.3 Å². The molecule has 0 saturated carbocycles. The summed E-state index contributed by atoms with van der Waals surface area (Å²) in [6.45, 7) is 3.56. The van der Waals surface area contributed by atoms with Crippen molar-refractivity contribution in [3.05, 3.63) is 29.8 Å². The second-order valence-corrected chi connectivity index (χ2v) is 6.34. The van der Waals surface area contributed by atoms with Gasteiger partial charge in [0.05, 0.1) is 26.2 Å². The van der Waals surface area contributed by atoms with E-state index in [-0.39, 0.29) is 50.0 Å². The molecule has 0 spiro atoms. The summed E-state index contributed by atoms with van der Waals surface area (Å²) in [5.41, 5.74) is 9.60. The minimum atomic E-state index is -0.972. The SMILES string of the molecule is CCOC(=O)Oc1c2ccc(CC(=O)NOCCCO)ccc-2c(OC(=O)OCC)c1N. The second kappa shape index (κ2) is 12.3. The van der Waals surface area contributed by atoms with E-state index in [9.17, 15) is 14.4 Å². The molecule has 11 heteroatoms. The number of aliphatic hydroxyl groups is 1. The second-order valence-electron chi connectivity index (χ2n) is 6.34. The van der Waals surface area contributed by atoms with Crippen molar-refractivity contribution < 1.29 is 43.3 Å². The van der Waals surface area contributed by atoms with E-state index in [0.717, 1.165) is 0 Å². The van der Waals surface area contributed by atoms with E-state index in [4.69, 9.17) is 34.6 Å². The van der Waals surface area contributed by atoms with E-state index < -0.39 is 18.2 Å². The number of nitrogens with one attached hydrogen (secondary N) is 1. The lowest BCUT2D eigenvalue weighted by Crippen LogP contribution is -2.26. The van der Waals surface area contributed by atoms with Crippen LogP contribution in [0.15, 0.2) is 24.3 Å². The average molecular weight is 450 g/mol. The van der Waals surface area contributed by atoms with Gasteiger partial charge in [-0.2, -0.15) is 0 Å². The molecule has 0 fully saturated rings. The molecule has 2 rings (SSSR count). The van der Waals surface area contributed by atoms with Gasteiger partial charge in [0.2, 0.25) is 5.91 Å². The fourth-order valence-electron chi connectivity index (χ4n) is 2.69. The molecule has 0 unspecified atom stereocenters. The van der Waals surface area contributed by atoms with Crippen LogP contribution in [-0.2, 0) is 25.5 Å². The predicted molar refractivity (Wildman–Crippen MR) is 112 cm³/mol. The van der Waals surface area contributed by atoms with Gasteiger partial charge < -0.3 is 29.8 Å². The minimum absolute atomic E-state index is 0.0198. The van der Waals surface area contributed by atoms with Gasteiger partial charge in [-0.05, 0) is 25.8 Å². The Morgan fingerprint density at radius 1 is 0.938 bits per heavy atom. The van der Waals surface area contributed by atoms with E-state index in [1.165, 1.54) is 0 Å². The third-order valence-corrected chi connectivity index (χ3v) is 4.05. The van der Waals surface area contributed by atoms with Crippen LogP contribution >= 0.6 is 0 Å². The molecule has 2 aliphatic carbocycles. The van der Waals surface area contributed by atoms with Crippen molar-refractivity contribution in [1.82, 2.24) is 5.48 Å². The molecular formula is C21H26N2O9. The Morgan fingerprint density at radius 2 is 1.47 bits per heavy atom. The number of aliphatic hydroxyl groups excluding tert-OH is 1. The number of hydrogen-bond donors (Lipinski definition) is 3. The summed E-state index contributed by atoms with van der Waals surface area (Å²) in [5.74, 6) is -0.493. The number of hydroxylamine groups is 1. The Morgan fingerprint density at radius 3 is 1.94 bits per heavy atom. The zero-order valence-electron chi connectivity index (χ0n) is 17.8. The van der Waals surface area contributed by atoms with Crippen molar-refractivity contribution >= 4 is 23.9 Å². The summed E-state index contributed by atoms with van der Waals surface area (Å²) in [6, 6.07) is 6.41. The van der Waals surface area contributed by atoms with Crippen LogP contribution in [0, 0.1) is 0 Å². The highest BCUT2D eigenvalue weighted by atomic mass is 16.7. The number of carbonyl (C=O) groups is 3. The third kappa shape index (κ3) is 6.72. The van der Waals surface area contributed by atoms with E-state index in [1.54, 1.807) is 38.1 Å². The Bertz CT molecular complexity index is 859. The van der Waals surface area contributed by atoms with Crippen LogP contribution in [0.25, 0.3) is 11.1 Å². The fourth-order valence-corrected chi connectivity index (χ4v) is 2.69. The van der Waals surface area contributed by atoms with Gasteiger partial charge in [0.1, 0.15) is 5.69 Å². The van der Waals surface area contributed by atoms with Gasteiger partial charge in [-0.15, -0.1) is 0 Å². The highest BCUT2D eigenvalue weighted by molar-refractivity contribution is 5.95. The molecule has 0 aliphatic heterocycles. The molecule has 4 N–H and O–H groups in total. The number of hydrogen-bond acceptors (Lipinski definition) is 10. The number of fused-ring (bicyclic) bond motifs is 1. The molecule has 2 aliphatic rings. The molecule has 0 atom stereocenters. The lowest BCUT2D eigenvalue weighted by Gasteiger charge is -2.05. The van der Waals surface area contributed by atoms with Gasteiger partial charge in [0.25, 0.3) is 0 Å². The fraction of sp³-hybridized carbons (Fsp3) is 0.381. The first-order valence-corrected chi connectivity index (χ1v) is 9.95. The number of nitrogen functional groups attached to an aromatic ring is 1. The third-order valence-electron chi connectivity index (χ3n) is 4.05. The first-order valence-electron chi connectivity index (χ1n) is 9.95. The molecule has 0 aromatic heterocycles. The highest BCUT2D eigenvalue weighted by Crippen LogP contribution is 2.50. The summed E-state index contributed by atoms with van der Waals surface area (Å²) in [7, 11) is 0. The quantitative estimate of drug-likeness (QED) is 0.279. The number of rotatable bonds is 10. The smallest absolute Gasteiger partial charge is 0.434 e. The van der Waals surface area contributed by atoms with Crippen LogP contribution in [0.3, 0.4) is 0 Å². The Hall–Kier alpha value is -3.57. The lowest BCUT2D eigenvalue weighted by atomic mass is 10.2. The van der Waals surface area contributed by atoms with Gasteiger partial charge in [-0.1, -0.05) is 24.3 Å². The van der Waals surface area contributed by atoms with Gasteiger partial charge in [-0.3, -0.25) is 9.63 Å². The van der Waals surface area contributed by atoms with Crippen molar-refractivity contribution in [2.45, 2.75) is 26.7 Å². The van der Waals surface area contributed by atoms with Gasteiger partial charge in [-0.25, -0.2) is 15.1 Å². The van der Waals surface area contributed by atoms with Crippen molar-refractivity contribution in [3.63, 3.8) is 0 Å². The average Bonchev–Trinajstić information content (AvgIpc) is 2.88. The van der Waals surface area contributed by atoms with Crippen LogP contribution < -0.4 is 20.7 Å². The summed E-state index contributed by atoms with van der Waals surface area (Å²) >= 11 is 0. The Balaban J connectivity index is 2.34. The molecule has 1 amide bonds. The number of anilines is 1. The summed E-state index contributed by atoms with van der Waals surface area (Å²) in [5, 5.41) is 8.72. The van der Waals surface area contributed by atoms with E-state index in [0.29, 0.717) is 23.1 Å². The first-order chi connectivity index (χ1) is 15.4. The maximum atomic E-state index is 12.0. The summed E-state index contributed by atoms with van der Waals surface area (Å²) < 4.78 is 20.0. The highest BCUT2D eigenvalue weighted by Gasteiger charge is 2.28. The molecule has 0 saturated heterocycles. The standard InChI is InChI=1S/C21H26N2O9/c1-3-28-20(26)31-18-14-8-6-13(12-16(25)23-30-11-5-10-24)7-9-15(14)19(17(18)22)32-21(27)29-4-2/h6-9,24H,3-5,10-12,22H2,1-2H3,(H,23,25).